The van der Waals surface area contributed by atoms with Crippen LogP contribution in [0, 0.1) is 34.6 Å². The van der Waals surface area contributed by atoms with E-state index in [2.05, 4.69) is 114 Å². The fourth-order valence-corrected chi connectivity index (χ4v) is 3.39. The van der Waals surface area contributed by atoms with Crippen LogP contribution in [0.25, 0.3) is 21.9 Å². The van der Waals surface area contributed by atoms with Crippen LogP contribution in [-0.2, 0) is 18.0 Å². The van der Waals surface area contributed by atoms with Crippen LogP contribution in [0.3, 0.4) is 0 Å². The molecule has 0 aliphatic heterocycles. The van der Waals surface area contributed by atoms with Crippen molar-refractivity contribution in [1.29, 1.82) is 0 Å². The summed E-state index contributed by atoms with van der Waals surface area (Å²) < 4.78 is 0. The van der Waals surface area contributed by atoms with Gasteiger partial charge in [-0.1, -0.05) is 76.6 Å². The maximum absolute atomic E-state index is 5.62. The Hall–Kier alpha value is -0.920. The van der Waals surface area contributed by atoms with E-state index >= 15 is 0 Å². The zero-order valence-electron chi connectivity index (χ0n) is 19.6. The van der Waals surface area contributed by atoms with Crippen molar-refractivity contribution in [3.05, 3.63) is 94.5 Å². The van der Waals surface area contributed by atoms with Crippen molar-refractivity contribution in [2.24, 2.45) is 0 Å². The molecule has 0 radical (unpaired) electrons. The second kappa shape index (κ2) is 12.4. The molecule has 0 aliphatic rings. The van der Waals surface area contributed by atoms with Crippen molar-refractivity contribution < 1.29 is 18.0 Å². The van der Waals surface area contributed by atoms with Crippen molar-refractivity contribution >= 4 is 33.2 Å². The standard InChI is InChI=1S/C16H13.C9H13.C2H6Si.2ClH.Zr/c1-12-10-14-8-5-9-15(16(14)11-12)13-6-3-2-4-7-13;1-6-5-7(2)9(4)8(6)3;1-3-2;;;/h2-11H,1H3;5H,1-4H3;1-2H3;2*1H;/q2*-1;;;;+2/p-2. The molecule has 0 atom stereocenters. The summed E-state index contributed by atoms with van der Waals surface area (Å²) in [6.07, 6.45) is 0. The maximum Gasteiger partial charge on any atom is -0.0279 e. The molecule has 4 heteroatoms. The van der Waals surface area contributed by atoms with Gasteiger partial charge in [0.1, 0.15) is 0 Å². The van der Waals surface area contributed by atoms with Gasteiger partial charge >= 0.3 is 53.5 Å². The summed E-state index contributed by atoms with van der Waals surface area (Å²) in [5.41, 5.74) is 9.47. The van der Waals surface area contributed by atoms with Crippen molar-refractivity contribution in [2.45, 2.75) is 47.7 Å². The molecular formula is C27H32Cl2SiZr-2. The van der Waals surface area contributed by atoms with Gasteiger partial charge in [-0.25, -0.2) is 0 Å². The molecule has 0 amide bonds. The molecule has 0 saturated heterocycles. The van der Waals surface area contributed by atoms with Gasteiger partial charge in [-0.05, 0) is 5.56 Å². The average molecular weight is 547 g/mol. The fraction of sp³-hybridized carbons (Fsp3) is 0.259. The Labute approximate surface area is 203 Å². The smallest absolute Gasteiger partial charge is 0.0279 e. The number of benzene rings is 2. The van der Waals surface area contributed by atoms with Gasteiger partial charge < -0.3 is 0 Å². The first-order valence-corrected chi connectivity index (χ1v) is 23.0. The van der Waals surface area contributed by atoms with Gasteiger partial charge in [0.15, 0.2) is 0 Å². The summed E-state index contributed by atoms with van der Waals surface area (Å²) in [7, 11) is 11.2. The van der Waals surface area contributed by atoms with Gasteiger partial charge in [0.2, 0.25) is 0 Å². The van der Waals surface area contributed by atoms with Crippen LogP contribution < -0.4 is 0 Å². The summed E-state index contributed by atoms with van der Waals surface area (Å²) in [4.78, 5) is 0. The predicted molar refractivity (Wildman–Crippen MR) is 140 cm³/mol. The SMILES string of the molecule is C[Si](C)=[Zr]([Cl])[Cl].Cc1[cH-]c(C)c(C)c1C.Cc1cc2c(-c3ccccc3)cccc2[cH-]1. The Bertz CT molecular complexity index is 1130. The second-order valence-corrected chi connectivity index (χ2v) is 31.2. The van der Waals surface area contributed by atoms with Crippen molar-refractivity contribution in [3.63, 3.8) is 0 Å². The Balaban J connectivity index is 0.000000193. The molecule has 4 rings (SSSR count). The van der Waals surface area contributed by atoms with Crippen LogP contribution in [0.15, 0.2) is 66.7 Å². The number of aryl methyl sites for hydroxylation is 3. The summed E-state index contributed by atoms with van der Waals surface area (Å²) >= 11 is -1.65. The van der Waals surface area contributed by atoms with E-state index in [1.807, 2.05) is 0 Å². The van der Waals surface area contributed by atoms with E-state index < -0.39 is 18.0 Å². The topological polar surface area (TPSA) is 0 Å². The first kappa shape index (κ1) is 26.3. The first-order valence-electron chi connectivity index (χ1n) is 10.5. The largest absolute Gasteiger partial charge is 0.196 e. The van der Waals surface area contributed by atoms with Crippen LogP contribution >= 0.6 is 17.0 Å². The minimum Gasteiger partial charge on any atom is -0.196 e. The molecule has 4 aromatic rings. The number of halogens is 2. The van der Waals surface area contributed by atoms with Gasteiger partial charge in [0, 0.05) is 0 Å². The van der Waals surface area contributed by atoms with E-state index in [1.165, 1.54) is 49.7 Å². The zero-order chi connectivity index (χ0) is 23.1. The van der Waals surface area contributed by atoms with E-state index in [9.17, 15) is 0 Å². The van der Waals surface area contributed by atoms with E-state index in [0.29, 0.717) is 0 Å². The van der Waals surface area contributed by atoms with Gasteiger partial charge in [-0.3, -0.25) is 0 Å². The van der Waals surface area contributed by atoms with Gasteiger partial charge in [0.05, 0.1) is 0 Å². The van der Waals surface area contributed by atoms with Crippen LogP contribution in [0.1, 0.15) is 27.8 Å². The van der Waals surface area contributed by atoms with Crippen LogP contribution in [0.5, 0.6) is 0 Å². The van der Waals surface area contributed by atoms with Crippen LogP contribution in [0.4, 0.5) is 0 Å². The Kier molecular flexibility index (Phi) is 10.5. The molecule has 0 nitrogen and oxygen atoms in total. The fourth-order valence-electron chi connectivity index (χ4n) is 3.39. The average Bonchev–Trinajstić information content (AvgIpc) is 3.23. The molecule has 0 aliphatic carbocycles. The molecule has 0 heterocycles. The Morgan fingerprint density at radius 3 is 1.74 bits per heavy atom. The van der Waals surface area contributed by atoms with E-state index in [4.69, 9.17) is 17.0 Å². The minimum absolute atomic E-state index is 0.224. The number of fused-ring (bicyclic) bond motifs is 1. The van der Waals surface area contributed by atoms with Gasteiger partial charge in [-0.2, -0.15) is 34.4 Å². The van der Waals surface area contributed by atoms with Crippen molar-refractivity contribution in [2.75, 3.05) is 0 Å². The van der Waals surface area contributed by atoms with Crippen molar-refractivity contribution in [3.8, 4) is 11.1 Å². The third kappa shape index (κ3) is 7.57. The Morgan fingerprint density at radius 2 is 1.29 bits per heavy atom. The first-order chi connectivity index (χ1) is 14.6. The second-order valence-electron chi connectivity index (χ2n) is 8.23. The maximum atomic E-state index is 5.62. The molecular weight excluding hydrogens is 515 g/mol. The quantitative estimate of drug-likeness (QED) is 0.165. The van der Waals surface area contributed by atoms with E-state index in [0.717, 1.165) is 0 Å². The normalized spacial score (nSPS) is 10.1. The Morgan fingerprint density at radius 1 is 0.742 bits per heavy atom. The molecule has 164 valence electrons. The van der Waals surface area contributed by atoms with Gasteiger partial charge in [0.25, 0.3) is 0 Å². The van der Waals surface area contributed by atoms with Crippen molar-refractivity contribution in [1.82, 2.24) is 0 Å². The van der Waals surface area contributed by atoms with E-state index in [-0.39, 0.29) is 5.43 Å². The molecule has 0 saturated carbocycles. The molecule has 0 spiro atoms. The van der Waals surface area contributed by atoms with Gasteiger partial charge in [-0.15, -0.1) is 34.5 Å². The third-order valence-electron chi connectivity index (χ3n) is 5.54. The summed E-state index contributed by atoms with van der Waals surface area (Å²) in [5, 5.41) is 2.69. The summed E-state index contributed by atoms with van der Waals surface area (Å²) in [6.45, 7) is 15.2. The molecule has 0 N–H and O–H groups in total. The molecule has 0 fully saturated rings. The predicted octanol–water partition coefficient (Wildman–Crippen LogP) is 9.34. The van der Waals surface area contributed by atoms with Crippen LogP contribution in [0.2, 0.25) is 13.1 Å². The zero-order valence-corrected chi connectivity index (χ0v) is 24.6. The molecule has 0 unspecified atom stereocenters. The summed E-state index contributed by atoms with van der Waals surface area (Å²) in [5.74, 6) is 0. The number of hydrogen-bond donors (Lipinski definition) is 0. The monoisotopic (exact) mass is 544 g/mol. The van der Waals surface area contributed by atoms with E-state index in [1.54, 1.807) is 0 Å². The molecule has 0 bridgehead atoms. The molecule has 4 aromatic carbocycles. The number of hydrogen-bond acceptors (Lipinski definition) is 0. The molecule has 0 aromatic heterocycles. The summed E-state index contributed by atoms with van der Waals surface area (Å²) in [6, 6.07) is 23.8. The van der Waals surface area contributed by atoms with Crippen LogP contribution in [-0.4, -0.2) is 5.43 Å². The molecule has 31 heavy (non-hydrogen) atoms. The third-order valence-corrected chi connectivity index (χ3v) is 25.3. The number of rotatable bonds is 1. The minimum atomic E-state index is -1.65.